The number of nitrogens with zero attached hydrogens (tertiary/aromatic N) is 3. The Morgan fingerprint density at radius 2 is 1.85 bits per heavy atom. The van der Waals surface area contributed by atoms with Crippen LogP contribution in [0.3, 0.4) is 0 Å². The highest BCUT2D eigenvalue weighted by atomic mass is 35.5. The van der Waals surface area contributed by atoms with Crippen molar-refractivity contribution in [3.05, 3.63) is 50.6 Å². The lowest BCUT2D eigenvalue weighted by atomic mass is 10.1. The van der Waals surface area contributed by atoms with E-state index in [0.717, 1.165) is 16.8 Å². The van der Waals surface area contributed by atoms with E-state index < -0.39 is 0 Å². The first-order valence-corrected chi connectivity index (χ1v) is 7.58. The molecule has 2 rings (SSSR count). The van der Waals surface area contributed by atoms with E-state index in [-0.39, 0.29) is 0 Å². The van der Waals surface area contributed by atoms with Crippen LogP contribution in [0, 0.1) is 25.2 Å². The zero-order valence-corrected chi connectivity index (χ0v) is 13.3. The van der Waals surface area contributed by atoms with Crippen LogP contribution in [0.25, 0.3) is 0 Å². The molecule has 0 atom stereocenters. The van der Waals surface area contributed by atoms with Crippen molar-refractivity contribution in [2.75, 3.05) is 0 Å². The summed E-state index contributed by atoms with van der Waals surface area (Å²) in [4.78, 5) is 0. The Morgan fingerprint density at radius 1 is 1.20 bits per heavy atom. The van der Waals surface area contributed by atoms with Crippen molar-refractivity contribution in [1.29, 1.82) is 5.26 Å². The molecular weight excluding hydrogens is 313 g/mol. The number of aromatic nitrogens is 2. The normalized spacial score (nSPS) is 10.3. The predicted octanol–water partition coefficient (Wildman–Crippen LogP) is 4.56. The molecule has 2 aromatic rings. The maximum Gasteiger partial charge on any atom is 0.137 e. The number of halogens is 2. The quantitative estimate of drug-likeness (QED) is 0.776. The molecule has 0 aliphatic heterocycles. The van der Waals surface area contributed by atoms with Gasteiger partial charge in [-0.1, -0.05) is 41.0 Å². The number of benzene rings is 1. The van der Waals surface area contributed by atoms with Crippen LogP contribution in [0.4, 0.5) is 0 Å². The third-order valence-electron chi connectivity index (χ3n) is 2.95. The molecule has 0 bridgehead atoms. The van der Waals surface area contributed by atoms with Gasteiger partial charge in [0, 0.05) is 15.8 Å². The Kier molecular flexibility index (Phi) is 4.87. The number of rotatable bonds is 3. The van der Waals surface area contributed by atoms with Gasteiger partial charge in [-0.3, -0.25) is 0 Å². The average Bonchev–Trinajstić information content (AvgIpc) is 2.42. The van der Waals surface area contributed by atoms with Gasteiger partial charge in [0.2, 0.25) is 0 Å². The van der Waals surface area contributed by atoms with Gasteiger partial charge in [0.25, 0.3) is 0 Å². The molecule has 1 aromatic carbocycles. The highest BCUT2D eigenvalue weighted by Gasteiger charge is 2.13. The van der Waals surface area contributed by atoms with Crippen LogP contribution in [-0.2, 0) is 5.75 Å². The second-order valence-electron chi connectivity index (χ2n) is 4.19. The summed E-state index contributed by atoms with van der Waals surface area (Å²) in [7, 11) is 0. The van der Waals surface area contributed by atoms with E-state index in [1.807, 2.05) is 13.8 Å². The summed E-state index contributed by atoms with van der Waals surface area (Å²) >= 11 is 13.7. The fraction of sp³-hybridized carbons (Fsp3) is 0.214. The summed E-state index contributed by atoms with van der Waals surface area (Å²) in [6, 6.07) is 7.57. The first kappa shape index (κ1) is 15.1. The molecule has 3 nitrogen and oxygen atoms in total. The largest absolute Gasteiger partial charge is 0.192 e. The Labute approximate surface area is 131 Å². The molecule has 0 saturated carbocycles. The van der Waals surface area contributed by atoms with Crippen molar-refractivity contribution in [1.82, 2.24) is 10.2 Å². The predicted molar refractivity (Wildman–Crippen MR) is 82.2 cm³/mol. The van der Waals surface area contributed by atoms with Crippen LogP contribution < -0.4 is 0 Å². The van der Waals surface area contributed by atoms with E-state index in [1.54, 1.807) is 18.2 Å². The van der Waals surface area contributed by atoms with Crippen molar-refractivity contribution in [3.8, 4) is 6.07 Å². The van der Waals surface area contributed by atoms with Crippen molar-refractivity contribution >= 4 is 35.0 Å². The number of nitriles is 1. The summed E-state index contributed by atoms with van der Waals surface area (Å²) in [6.45, 7) is 3.71. The molecule has 6 heteroatoms. The van der Waals surface area contributed by atoms with E-state index in [4.69, 9.17) is 23.2 Å². The van der Waals surface area contributed by atoms with Gasteiger partial charge < -0.3 is 0 Å². The summed E-state index contributed by atoms with van der Waals surface area (Å²) in [6.07, 6.45) is 0. The number of thioether (sulfide) groups is 1. The minimum atomic E-state index is 0.546. The van der Waals surface area contributed by atoms with Crippen LogP contribution in [0.1, 0.15) is 22.4 Å². The van der Waals surface area contributed by atoms with E-state index in [9.17, 15) is 5.26 Å². The Hall–Kier alpha value is -1.28. The van der Waals surface area contributed by atoms with E-state index >= 15 is 0 Å². The van der Waals surface area contributed by atoms with Crippen molar-refractivity contribution in [3.63, 3.8) is 0 Å². The number of aryl methyl sites for hydroxylation is 1. The van der Waals surface area contributed by atoms with E-state index in [0.29, 0.717) is 26.4 Å². The summed E-state index contributed by atoms with van der Waals surface area (Å²) in [5.41, 5.74) is 3.02. The molecular formula is C14H11Cl2N3S. The van der Waals surface area contributed by atoms with Crippen LogP contribution in [-0.4, -0.2) is 10.2 Å². The minimum absolute atomic E-state index is 0.546. The molecule has 0 saturated heterocycles. The topological polar surface area (TPSA) is 49.6 Å². The van der Waals surface area contributed by atoms with Crippen molar-refractivity contribution in [2.24, 2.45) is 0 Å². The van der Waals surface area contributed by atoms with Gasteiger partial charge >= 0.3 is 0 Å². The van der Waals surface area contributed by atoms with Crippen molar-refractivity contribution in [2.45, 2.75) is 24.6 Å². The molecule has 0 aliphatic carbocycles. The van der Waals surface area contributed by atoms with Crippen LogP contribution >= 0.6 is 35.0 Å². The molecule has 0 fully saturated rings. The maximum absolute atomic E-state index is 9.25. The lowest BCUT2D eigenvalue weighted by Gasteiger charge is -2.08. The molecule has 0 N–H and O–H groups in total. The third-order valence-corrected chi connectivity index (χ3v) is 4.65. The zero-order valence-electron chi connectivity index (χ0n) is 10.9. The van der Waals surface area contributed by atoms with E-state index in [1.165, 1.54) is 11.8 Å². The summed E-state index contributed by atoms with van der Waals surface area (Å²) in [5.74, 6) is 0.546. The Balaban J connectivity index is 2.29. The highest BCUT2D eigenvalue weighted by molar-refractivity contribution is 7.98. The molecule has 102 valence electrons. The van der Waals surface area contributed by atoms with Gasteiger partial charge in [-0.15, -0.1) is 5.10 Å². The van der Waals surface area contributed by atoms with Crippen molar-refractivity contribution < 1.29 is 0 Å². The molecule has 0 radical (unpaired) electrons. The Bertz CT molecular complexity index is 675. The van der Waals surface area contributed by atoms with Gasteiger partial charge in [-0.2, -0.15) is 10.4 Å². The zero-order chi connectivity index (χ0) is 14.7. The number of hydrogen-bond acceptors (Lipinski definition) is 4. The minimum Gasteiger partial charge on any atom is -0.192 e. The smallest absolute Gasteiger partial charge is 0.137 e. The van der Waals surface area contributed by atoms with Gasteiger partial charge in [-0.25, -0.2) is 0 Å². The standard InChI is InChI=1S/C14H11Cl2N3S/c1-8-9(2)18-19-14(10(8)6-17)20-7-11-12(15)4-3-5-13(11)16/h3-5H,7H2,1-2H3. The Morgan fingerprint density at radius 3 is 2.45 bits per heavy atom. The average molecular weight is 324 g/mol. The molecule has 0 unspecified atom stereocenters. The molecule has 20 heavy (non-hydrogen) atoms. The molecule has 1 heterocycles. The first-order valence-electron chi connectivity index (χ1n) is 5.84. The van der Waals surface area contributed by atoms with Gasteiger partial charge in [0.05, 0.1) is 11.3 Å². The summed E-state index contributed by atoms with van der Waals surface area (Å²) < 4.78 is 0. The molecule has 0 aliphatic rings. The lowest BCUT2D eigenvalue weighted by molar-refractivity contribution is 0.871. The van der Waals surface area contributed by atoms with Gasteiger partial charge in [-0.05, 0) is 37.1 Å². The SMILES string of the molecule is Cc1nnc(SCc2c(Cl)cccc2Cl)c(C#N)c1C. The fourth-order valence-corrected chi connectivity index (χ4v) is 3.35. The summed E-state index contributed by atoms with van der Waals surface area (Å²) in [5, 5.41) is 19.2. The molecule has 1 aromatic heterocycles. The molecule has 0 spiro atoms. The highest BCUT2D eigenvalue weighted by Crippen LogP contribution is 2.32. The number of hydrogen-bond donors (Lipinski definition) is 0. The van der Waals surface area contributed by atoms with E-state index in [2.05, 4.69) is 16.3 Å². The first-order chi connectivity index (χ1) is 9.54. The fourth-order valence-electron chi connectivity index (χ4n) is 1.63. The monoisotopic (exact) mass is 323 g/mol. The third kappa shape index (κ3) is 3.06. The maximum atomic E-state index is 9.25. The van der Waals surface area contributed by atoms with Crippen LogP contribution in [0.5, 0.6) is 0 Å². The second-order valence-corrected chi connectivity index (χ2v) is 5.97. The van der Waals surface area contributed by atoms with Gasteiger partial charge in [0.1, 0.15) is 11.1 Å². The van der Waals surface area contributed by atoms with Crippen LogP contribution in [0.15, 0.2) is 23.2 Å². The lowest BCUT2D eigenvalue weighted by Crippen LogP contribution is -1.99. The molecule has 0 amide bonds. The van der Waals surface area contributed by atoms with Crippen LogP contribution in [0.2, 0.25) is 10.0 Å². The van der Waals surface area contributed by atoms with Gasteiger partial charge in [0.15, 0.2) is 0 Å². The second kappa shape index (κ2) is 6.45.